The summed E-state index contributed by atoms with van der Waals surface area (Å²) < 4.78 is 36.8. The summed E-state index contributed by atoms with van der Waals surface area (Å²) in [6.45, 7) is 0. The van der Waals surface area contributed by atoms with E-state index in [-0.39, 0.29) is 35.0 Å². The summed E-state index contributed by atoms with van der Waals surface area (Å²) in [5.41, 5.74) is 0.541. The molecule has 0 saturated carbocycles. The summed E-state index contributed by atoms with van der Waals surface area (Å²) in [6.07, 6.45) is 0.472. The van der Waals surface area contributed by atoms with Crippen LogP contribution in [0.1, 0.15) is 12.0 Å². The Bertz CT molecular complexity index is 636. The number of nitrogens with one attached hydrogen (secondary N) is 1. The first-order valence-corrected chi connectivity index (χ1v) is 10.1. The van der Waals surface area contributed by atoms with Gasteiger partial charge in [-0.25, -0.2) is 12.8 Å². The van der Waals surface area contributed by atoms with Crippen LogP contribution in [0.5, 0.6) is 0 Å². The Kier molecular flexibility index (Phi) is 5.67. The predicted octanol–water partition coefficient (Wildman–Crippen LogP) is 2.12. The Labute approximate surface area is 135 Å². The van der Waals surface area contributed by atoms with Crippen molar-refractivity contribution >= 4 is 43.4 Å². The first kappa shape index (κ1) is 16.8. The average molecular weight is 396 g/mol. The highest BCUT2D eigenvalue weighted by Crippen LogP contribution is 2.20. The normalized spacial score (nSPS) is 20.4. The van der Waals surface area contributed by atoms with E-state index >= 15 is 0 Å². The summed E-state index contributed by atoms with van der Waals surface area (Å²) in [5, 5.41) is 2.70. The number of halogens is 2. The second-order valence-corrected chi connectivity index (χ2v) is 9.03. The van der Waals surface area contributed by atoms with E-state index in [1.807, 2.05) is 0 Å². The molecule has 1 unspecified atom stereocenters. The second kappa shape index (κ2) is 7.11. The maximum atomic E-state index is 13.6. The first-order chi connectivity index (χ1) is 9.85. The molecule has 4 nitrogen and oxygen atoms in total. The number of carbonyl (C=O) groups excluding carboxylic acids is 1. The van der Waals surface area contributed by atoms with Crippen LogP contribution in [0, 0.1) is 5.82 Å². The molecule has 2 rings (SSSR count). The smallest absolute Gasteiger partial charge is 0.230 e. The van der Waals surface area contributed by atoms with E-state index < -0.39 is 9.84 Å². The van der Waals surface area contributed by atoms with Crippen LogP contribution < -0.4 is 5.32 Å². The van der Waals surface area contributed by atoms with Gasteiger partial charge in [0.15, 0.2) is 9.84 Å². The molecular formula is C13H15BrFNO3S2. The molecule has 1 fully saturated rings. The van der Waals surface area contributed by atoms with Gasteiger partial charge in [-0.05, 0) is 24.1 Å². The third kappa shape index (κ3) is 5.27. The zero-order valence-electron chi connectivity index (χ0n) is 11.1. The van der Waals surface area contributed by atoms with E-state index in [0.29, 0.717) is 22.2 Å². The van der Waals surface area contributed by atoms with E-state index in [2.05, 4.69) is 21.2 Å². The van der Waals surface area contributed by atoms with Crippen LogP contribution in [0.4, 0.5) is 4.39 Å². The van der Waals surface area contributed by atoms with Crippen molar-refractivity contribution in [3.8, 4) is 0 Å². The van der Waals surface area contributed by atoms with Crippen molar-refractivity contribution in [3.05, 3.63) is 34.1 Å². The van der Waals surface area contributed by atoms with Gasteiger partial charge in [0.1, 0.15) is 5.82 Å². The molecule has 1 saturated heterocycles. The zero-order chi connectivity index (χ0) is 15.5. The third-order valence-corrected chi connectivity index (χ3v) is 6.35. The minimum absolute atomic E-state index is 0.0186. The lowest BCUT2D eigenvalue weighted by Gasteiger charge is -2.10. The molecule has 0 spiro atoms. The molecular weight excluding hydrogens is 381 g/mol. The van der Waals surface area contributed by atoms with E-state index in [4.69, 9.17) is 0 Å². The minimum Gasteiger partial charge on any atom is -0.352 e. The fourth-order valence-corrected chi connectivity index (χ4v) is 4.90. The summed E-state index contributed by atoms with van der Waals surface area (Å²) in [7, 11) is -2.99. The SMILES string of the molecule is O=C(CSCc1ccc(Br)cc1F)NC1CCS(=O)(=O)C1. The molecule has 0 aliphatic carbocycles. The predicted molar refractivity (Wildman–Crippen MR) is 85.5 cm³/mol. The molecule has 1 N–H and O–H groups in total. The van der Waals surface area contributed by atoms with Crippen molar-refractivity contribution in [2.45, 2.75) is 18.2 Å². The number of thioether (sulfide) groups is 1. The summed E-state index contributed by atoms with van der Waals surface area (Å²) in [4.78, 5) is 11.7. The summed E-state index contributed by atoms with van der Waals surface area (Å²) in [5.74, 6) is 0.223. The van der Waals surface area contributed by atoms with E-state index in [9.17, 15) is 17.6 Å². The molecule has 1 aliphatic rings. The number of rotatable bonds is 5. The highest BCUT2D eigenvalue weighted by molar-refractivity contribution is 9.10. The van der Waals surface area contributed by atoms with Gasteiger partial charge in [0.25, 0.3) is 0 Å². The van der Waals surface area contributed by atoms with Gasteiger partial charge in [-0.3, -0.25) is 4.79 Å². The van der Waals surface area contributed by atoms with Crippen LogP contribution >= 0.6 is 27.7 Å². The highest BCUT2D eigenvalue weighted by atomic mass is 79.9. The topological polar surface area (TPSA) is 63.2 Å². The molecule has 0 radical (unpaired) electrons. The summed E-state index contributed by atoms with van der Waals surface area (Å²) >= 11 is 4.49. The van der Waals surface area contributed by atoms with Crippen molar-refractivity contribution in [1.82, 2.24) is 5.32 Å². The second-order valence-electron chi connectivity index (χ2n) is 4.90. The molecule has 1 amide bonds. The first-order valence-electron chi connectivity index (χ1n) is 6.37. The van der Waals surface area contributed by atoms with Crippen LogP contribution in [-0.4, -0.2) is 37.6 Å². The lowest BCUT2D eigenvalue weighted by molar-refractivity contribution is -0.119. The monoisotopic (exact) mass is 395 g/mol. The van der Waals surface area contributed by atoms with Crippen molar-refractivity contribution < 1.29 is 17.6 Å². The fraction of sp³-hybridized carbons (Fsp3) is 0.462. The Hall–Kier alpha value is -0.600. The van der Waals surface area contributed by atoms with E-state index in [1.165, 1.54) is 17.8 Å². The number of carbonyl (C=O) groups is 1. The Morgan fingerprint density at radius 1 is 1.48 bits per heavy atom. The van der Waals surface area contributed by atoms with Crippen LogP contribution in [0.15, 0.2) is 22.7 Å². The standard InChI is InChI=1S/C13H15BrFNO3S2/c14-10-2-1-9(12(15)5-10)6-20-7-13(17)16-11-3-4-21(18,19)8-11/h1-2,5,11H,3-4,6-8H2,(H,16,17). The molecule has 8 heteroatoms. The number of amides is 1. The third-order valence-electron chi connectivity index (χ3n) is 3.10. The lowest BCUT2D eigenvalue weighted by Crippen LogP contribution is -2.36. The Morgan fingerprint density at radius 3 is 2.86 bits per heavy atom. The number of sulfone groups is 1. The quantitative estimate of drug-likeness (QED) is 0.829. The molecule has 1 aliphatic heterocycles. The van der Waals surface area contributed by atoms with E-state index in [0.717, 1.165) is 0 Å². The molecule has 1 heterocycles. The van der Waals surface area contributed by atoms with Gasteiger partial charge in [0.05, 0.1) is 17.3 Å². The largest absolute Gasteiger partial charge is 0.352 e. The van der Waals surface area contributed by atoms with Gasteiger partial charge in [-0.15, -0.1) is 11.8 Å². The van der Waals surface area contributed by atoms with Crippen LogP contribution in [0.3, 0.4) is 0 Å². The van der Waals surface area contributed by atoms with Crippen molar-refractivity contribution in [2.24, 2.45) is 0 Å². The van der Waals surface area contributed by atoms with Gasteiger partial charge in [0, 0.05) is 16.3 Å². The van der Waals surface area contributed by atoms with Gasteiger partial charge in [-0.1, -0.05) is 22.0 Å². The number of hydrogen-bond acceptors (Lipinski definition) is 4. The van der Waals surface area contributed by atoms with Crippen molar-refractivity contribution in [3.63, 3.8) is 0 Å². The highest BCUT2D eigenvalue weighted by Gasteiger charge is 2.28. The molecule has 1 aromatic carbocycles. The molecule has 0 aromatic heterocycles. The van der Waals surface area contributed by atoms with Crippen LogP contribution in [0.2, 0.25) is 0 Å². The van der Waals surface area contributed by atoms with Gasteiger partial charge < -0.3 is 5.32 Å². The maximum absolute atomic E-state index is 13.6. The Balaban J connectivity index is 1.74. The van der Waals surface area contributed by atoms with Crippen LogP contribution in [0.25, 0.3) is 0 Å². The molecule has 0 bridgehead atoms. The van der Waals surface area contributed by atoms with E-state index in [1.54, 1.807) is 12.1 Å². The molecule has 1 atom stereocenters. The van der Waals surface area contributed by atoms with Gasteiger partial charge in [0.2, 0.25) is 5.91 Å². The molecule has 116 valence electrons. The molecule has 1 aromatic rings. The fourth-order valence-electron chi connectivity index (χ4n) is 2.07. The number of benzene rings is 1. The Morgan fingerprint density at radius 2 is 2.24 bits per heavy atom. The van der Waals surface area contributed by atoms with Crippen molar-refractivity contribution in [1.29, 1.82) is 0 Å². The molecule has 21 heavy (non-hydrogen) atoms. The zero-order valence-corrected chi connectivity index (χ0v) is 14.4. The maximum Gasteiger partial charge on any atom is 0.230 e. The number of hydrogen-bond donors (Lipinski definition) is 1. The minimum atomic E-state index is -2.99. The summed E-state index contributed by atoms with van der Waals surface area (Å²) in [6, 6.07) is 4.53. The average Bonchev–Trinajstić information content (AvgIpc) is 2.71. The van der Waals surface area contributed by atoms with Crippen molar-refractivity contribution in [2.75, 3.05) is 17.3 Å². The lowest BCUT2D eigenvalue weighted by atomic mass is 10.2. The van der Waals surface area contributed by atoms with Gasteiger partial charge >= 0.3 is 0 Å². The van der Waals surface area contributed by atoms with Gasteiger partial charge in [-0.2, -0.15) is 0 Å². The van der Waals surface area contributed by atoms with Crippen LogP contribution in [-0.2, 0) is 20.4 Å².